The summed E-state index contributed by atoms with van der Waals surface area (Å²) in [5.41, 5.74) is 3.73. The van der Waals surface area contributed by atoms with Crippen molar-refractivity contribution in [3.05, 3.63) is 59.2 Å². The molecule has 5 atom stereocenters. The van der Waals surface area contributed by atoms with Crippen molar-refractivity contribution >= 4 is 5.91 Å². The highest BCUT2D eigenvalue weighted by Gasteiger charge is 2.61. The van der Waals surface area contributed by atoms with Gasteiger partial charge in [0.1, 0.15) is 0 Å². The number of benzene rings is 2. The minimum atomic E-state index is -0.239. The number of rotatable bonds is 8. The van der Waals surface area contributed by atoms with Gasteiger partial charge in [-0.25, -0.2) is 0 Å². The summed E-state index contributed by atoms with van der Waals surface area (Å²) in [5.74, 6) is 3.08. The van der Waals surface area contributed by atoms with E-state index in [4.69, 9.17) is 9.47 Å². The van der Waals surface area contributed by atoms with Crippen LogP contribution in [0.5, 0.6) is 11.5 Å². The van der Waals surface area contributed by atoms with E-state index in [1.54, 1.807) is 0 Å². The van der Waals surface area contributed by atoms with Crippen molar-refractivity contribution in [2.45, 2.75) is 77.7 Å². The summed E-state index contributed by atoms with van der Waals surface area (Å²) in [4.78, 5) is 13.9. The normalized spacial score (nSPS) is 30.1. The maximum Gasteiger partial charge on any atom is 0.226 e. The number of hydrogen-bond acceptors (Lipinski definition) is 3. The highest BCUT2D eigenvalue weighted by atomic mass is 16.5. The molecule has 0 aromatic heterocycles. The van der Waals surface area contributed by atoms with E-state index in [2.05, 4.69) is 43.4 Å². The molecule has 2 aromatic rings. The molecule has 1 amide bonds. The maximum absolute atomic E-state index is 13.9. The van der Waals surface area contributed by atoms with Gasteiger partial charge in [0.25, 0.3) is 0 Å². The molecular formula is C30H39NO3. The van der Waals surface area contributed by atoms with E-state index in [1.807, 2.05) is 32.0 Å². The van der Waals surface area contributed by atoms with Crippen molar-refractivity contribution in [1.82, 2.24) is 5.32 Å². The first-order valence-electron chi connectivity index (χ1n) is 13.1. The Bertz CT molecular complexity index is 1030. The second kappa shape index (κ2) is 8.94. The Labute approximate surface area is 204 Å². The molecule has 4 aliphatic rings. The molecule has 4 heteroatoms. The zero-order valence-electron chi connectivity index (χ0n) is 21.2. The van der Waals surface area contributed by atoms with Crippen molar-refractivity contribution in [1.29, 1.82) is 0 Å². The first-order valence-corrected chi connectivity index (χ1v) is 13.1. The Kier molecular flexibility index (Phi) is 6.12. The topological polar surface area (TPSA) is 47.6 Å². The van der Waals surface area contributed by atoms with Crippen molar-refractivity contribution in [2.75, 3.05) is 13.2 Å². The average Bonchev–Trinajstić information content (AvgIpc) is 2.80. The first-order chi connectivity index (χ1) is 16.4. The van der Waals surface area contributed by atoms with Crippen molar-refractivity contribution in [2.24, 2.45) is 17.3 Å². The van der Waals surface area contributed by atoms with E-state index >= 15 is 0 Å². The second-order valence-corrected chi connectivity index (χ2v) is 11.2. The van der Waals surface area contributed by atoms with E-state index in [-0.39, 0.29) is 22.8 Å². The van der Waals surface area contributed by atoms with Crippen LogP contribution < -0.4 is 14.8 Å². The third kappa shape index (κ3) is 4.10. The lowest BCUT2D eigenvalue weighted by molar-refractivity contribution is -0.149. The molecule has 4 bridgehead atoms. The number of hydrogen-bond donors (Lipinski definition) is 1. The van der Waals surface area contributed by atoms with Crippen LogP contribution in [0.4, 0.5) is 0 Å². The van der Waals surface area contributed by atoms with Crippen LogP contribution in [0.3, 0.4) is 0 Å². The van der Waals surface area contributed by atoms with E-state index in [1.165, 1.54) is 30.4 Å². The molecule has 2 unspecified atom stereocenters. The van der Waals surface area contributed by atoms with Crippen molar-refractivity contribution in [3.8, 4) is 11.5 Å². The Morgan fingerprint density at radius 2 is 1.62 bits per heavy atom. The minimum absolute atomic E-state index is 0.0780. The zero-order valence-corrected chi connectivity index (χ0v) is 21.2. The van der Waals surface area contributed by atoms with Gasteiger partial charge in [0.05, 0.1) is 24.7 Å². The number of aryl methyl sites for hydroxylation is 1. The smallest absolute Gasteiger partial charge is 0.226 e. The van der Waals surface area contributed by atoms with Gasteiger partial charge in [-0.15, -0.1) is 0 Å². The largest absolute Gasteiger partial charge is 0.490 e. The van der Waals surface area contributed by atoms with Gasteiger partial charge in [0, 0.05) is 0 Å². The molecule has 0 radical (unpaired) electrons. The fourth-order valence-electron chi connectivity index (χ4n) is 7.54. The molecule has 34 heavy (non-hydrogen) atoms. The van der Waals surface area contributed by atoms with Crippen LogP contribution in [0.15, 0.2) is 42.5 Å². The molecule has 4 fully saturated rings. The summed E-state index contributed by atoms with van der Waals surface area (Å²) in [5, 5.41) is 3.42. The predicted octanol–water partition coefficient (Wildman–Crippen LogP) is 6.51. The van der Waals surface area contributed by atoms with Crippen LogP contribution in [-0.2, 0) is 10.2 Å². The first kappa shape index (κ1) is 23.3. The van der Waals surface area contributed by atoms with Gasteiger partial charge in [-0.3, -0.25) is 4.79 Å². The molecule has 1 N–H and O–H groups in total. The number of amides is 1. The fraction of sp³-hybridized carbons (Fsp3) is 0.567. The molecule has 182 valence electrons. The van der Waals surface area contributed by atoms with Crippen LogP contribution in [-0.4, -0.2) is 19.1 Å². The lowest BCUT2D eigenvalue weighted by atomic mass is 9.42. The Hall–Kier alpha value is -2.49. The molecule has 4 saturated carbocycles. The van der Waals surface area contributed by atoms with Gasteiger partial charge in [0.2, 0.25) is 5.91 Å². The fourth-order valence-corrected chi connectivity index (χ4v) is 7.54. The Morgan fingerprint density at radius 3 is 2.26 bits per heavy atom. The van der Waals surface area contributed by atoms with Gasteiger partial charge in [-0.1, -0.05) is 35.9 Å². The van der Waals surface area contributed by atoms with Gasteiger partial charge >= 0.3 is 0 Å². The molecule has 0 heterocycles. The summed E-state index contributed by atoms with van der Waals surface area (Å²) in [6.45, 7) is 9.36. The van der Waals surface area contributed by atoms with E-state index in [9.17, 15) is 4.79 Å². The summed E-state index contributed by atoms with van der Waals surface area (Å²) in [6, 6.07) is 15.1. The number of ether oxygens (including phenoxy) is 2. The molecule has 0 aliphatic heterocycles. The lowest BCUT2D eigenvalue weighted by Crippen LogP contribution is -2.59. The van der Waals surface area contributed by atoms with Gasteiger partial charge in [0.15, 0.2) is 11.5 Å². The molecule has 0 spiro atoms. The summed E-state index contributed by atoms with van der Waals surface area (Å²) in [7, 11) is 0. The lowest BCUT2D eigenvalue weighted by Gasteiger charge is -2.61. The number of carbonyl (C=O) groups excluding carboxylic acids is 1. The molecule has 0 saturated heterocycles. The van der Waals surface area contributed by atoms with E-state index in [0.29, 0.717) is 25.0 Å². The van der Waals surface area contributed by atoms with Crippen LogP contribution in [0, 0.1) is 24.2 Å². The highest BCUT2D eigenvalue weighted by Crippen LogP contribution is 2.65. The van der Waals surface area contributed by atoms with E-state index in [0.717, 1.165) is 36.3 Å². The van der Waals surface area contributed by atoms with Gasteiger partial charge in [-0.05, 0) is 107 Å². The summed E-state index contributed by atoms with van der Waals surface area (Å²) in [6.07, 6.45) is 6.87. The summed E-state index contributed by atoms with van der Waals surface area (Å²) < 4.78 is 11.5. The molecule has 6 rings (SSSR count). The average molecular weight is 462 g/mol. The van der Waals surface area contributed by atoms with Crippen LogP contribution in [0.2, 0.25) is 0 Å². The Morgan fingerprint density at radius 1 is 0.971 bits per heavy atom. The SMILES string of the molecule is CCOc1ccc([C@H](C)NC(=O)C23C[C@H]4C[C@@H](C2)CC(c2ccc(C)cc2)(C4)C3)cc1OCC. The quantitative estimate of drug-likeness (QED) is 0.488. The number of nitrogens with one attached hydrogen (secondary N) is 1. The highest BCUT2D eigenvalue weighted by molar-refractivity contribution is 5.84. The predicted molar refractivity (Wildman–Crippen MR) is 135 cm³/mol. The molecule has 4 nitrogen and oxygen atoms in total. The van der Waals surface area contributed by atoms with Gasteiger partial charge in [-0.2, -0.15) is 0 Å². The van der Waals surface area contributed by atoms with Crippen LogP contribution >= 0.6 is 0 Å². The van der Waals surface area contributed by atoms with Gasteiger partial charge < -0.3 is 14.8 Å². The standard InChI is InChI=1S/C30H39NO3/c1-5-33-26-12-9-24(14-27(26)34-6-2)21(4)31-28(32)30-17-22-13-23(18-30)16-29(15-22,19-30)25-10-7-20(3)8-11-25/h7-12,14,21-23H,5-6,13,15-19H2,1-4H3,(H,31,32)/t21-,22-,23+,29?,30?/m0/s1. The Balaban J connectivity index is 1.37. The van der Waals surface area contributed by atoms with Crippen molar-refractivity contribution < 1.29 is 14.3 Å². The van der Waals surface area contributed by atoms with Crippen LogP contribution in [0.1, 0.15) is 82.0 Å². The van der Waals surface area contributed by atoms with Crippen molar-refractivity contribution in [3.63, 3.8) is 0 Å². The molecule has 2 aromatic carbocycles. The maximum atomic E-state index is 13.9. The van der Waals surface area contributed by atoms with E-state index < -0.39 is 0 Å². The van der Waals surface area contributed by atoms with Crippen LogP contribution in [0.25, 0.3) is 0 Å². The molecular weight excluding hydrogens is 422 g/mol. The summed E-state index contributed by atoms with van der Waals surface area (Å²) >= 11 is 0. The minimum Gasteiger partial charge on any atom is -0.490 e. The number of carbonyl (C=O) groups is 1. The zero-order chi connectivity index (χ0) is 23.9. The third-order valence-corrected chi connectivity index (χ3v) is 8.62. The second-order valence-electron chi connectivity index (χ2n) is 11.2. The monoisotopic (exact) mass is 461 g/mol. The molecule has 4 aliphatic carbocycles. The third-order valence-electron chi connectivity index (χ3n) is 8.62.